The SMILES string of the molecule is CC(=O)OC1CC2CC(C)CCC2(C)C2CC(OC(C)=O)C3(C)C(C(C)CCC(=O)OC(C(F)(F)F)C(F)(F)S(=O)(=O)O)CCC3C12. The molecule has 0 aromatic heterocycles. The number of alkyl halides is 5. The van der Waals surface area contributed by atoms with Crippen LogP contribution >= 0.6 is 0 Å². The van der Waals surface area contributed by atoms with Crippen LogP contribution in [0.2, 0.25) is 0 Å². The van der Waals surface area contributed by atoms with Crippen molar-refractivity contribution in [3.63, 3.8) is 0 Å². The van der Waals surface area contributed by atoms with Crippen LogP contribution in [0.4, 0.5) is 22.0 Å². The van der Waals surface area contributed by atoms with Gasteiger partial charge in [-0.25, -0.2) is 0 Å². The monoisotopic (exact) mass is 702 g/mol. The Balaban J connectivity index is 1.60. The maximum atomic E-state index is 14.0. The molecule has 12 unspecified atom stereocenters. The minimum absolute atomic E-state index is 0.0252. The third kappa shape index (κ3) is 7.03. The molecule has 0 aromatic carbocycles. The summed E-state index contributed by atoms with van der Waals surface area (Å²) in [6.45, 7) is 11.1. The Morgan fingerprint density at radius 3 is 2.11 bits per heavy atom. The molecule has 0 amide bonds. The Hall–Kier alpha value is -2.03. The predicted molar refractivity (Wildman–Crippen MR) is 157 cm³/mol. The molecule has 12 atom stereocenters. The molecule has 0 spiro atoms. The van der Waals surface area contributed by atoms with Gasteiger partial charge in [-0.3, -0.25) is 18.9 Å². The van der Waals surface area contributed by atoms with Crippen LogP contribution in [-0.2, 0) is 38.7 Å². The summed E-state index contributed by atoms with van der Waals surface area (Å²) < 4.78 is 115. The van der Waals surface area contributed by atoms with Gasteiger partial charge >= 0.3 is 39.5 Å². The first-order valence-electron chi connectivity index (χ1n) is 16.4. The van der Waals surface area contributed by atoms with E-state index in [1.807, 2.05) is 6.92 Å². The zero-order chi connectivity index (χ0) is 35.5. The molecule has 270 valence electrons. The normalized spacial score (nSPS) is 38.6. The number of hydrogen-bond acceptors (Lipinski definition) is 8. The van der Waals surface area contributed by atoms with Gasteiger partial charge in [0, 0.05) is 31.6 Å². The van der Waals surface area contributed by atoms with Crippen LogP contribution in [0.5, 0.6) is 0 Å². The van der Waals surface area contributed by atoms with E-state index in [1.165, 1.54) is 13.8 Å². The fraction of sp³-hybridized carbons (Fsp3) is 0.906. The molecule has 4 fully saturated rings. The number of carbonyl (C=O) groups is 3. The van der Waals surface area contributed by atoms with Crippen molar-refractivity contribution in [3.8, 4) is 0 Å². The van der Waals surface area contributed by atoms with Crippen molar-refractivity contribution in [1.82, 2.24) is 0 Å². The number of ether oxygens (including phenoxy) is 3. The van der Waals surface area contributed by atoms with Crippen molar-refractivity contribution in [2.24, 2.45) is 52.3 Å². The fourth-order valence-corrected chi connectivity index (χ4v) is 10.7. The van der Waals surface area contributed by atoms with E-state index in [1.54, 1.807) is 6.92 Å². The number of halogens is 5. The van der Waals surface area contributed by atoms with Crippen molar-refractivity contribution in [3.05, 3.63) is 0 Å². The van der Waals surface area contributed by atoms with E-state index in [9.17, 15) is 44.8 Å². The number of carbonyl (C=O) groups excluding carboxylic acids is 3. The molecular formula is C32H47F5O9S. The third-order valence-electron chi connectivity index (χ3n) is 12.4. The quantitative estimate of drug-likeness (QED) is 0.120. The second-order valence-corrected chi connectivity index (χ2v) is 16.6. The first-order valence-corrected chi connectivity index (χ1v) is 17.8. The number of hydrogen-bond donors (Lipinski definition) is 1. The molecule has 4 aliphatic rings. The van der Waals surface area contributed by atoms with Gasteiger partial charge in [0.05, 0.1) is 0 Å². The van der Waals surface area contributed by atoms with Crippen LogP contribution in [0, 0.1) is 52.3 Å². The van der Waals surface area contributed by atoms with Crippen molar-refractivity contribution >= 4 is 28.0 Å². The minimum Gasteiger partial charge on any atom is -0.462 e. The van der Waals surface area contributed by atoms with Crippen LogP contribution in [-0.4, -0.2) is 60.6 Å². The van der Waals surface area contributed by atoms with E-state index in [0.717, 1.165) is 25.7 Å². The van der Waals surface area contributed by atoms with Crippen LogP contribution in [0.25, 0.3) is 0 Å². The maximum Gasteiger partial charge on any atom is 0.432 e. The molecule has 0 bridgehead atoms. The maximum absolute atomic E-state index is 14.0. The highest BCUT2D eigenvalue weighted by atomic mass is 32.2. The van der Waals surface area contributed by atoms with E-state index >= 15 is 0 Å². The van der Waals surface area contributed by atoms with Gasteiger partial charge in [-0.2, -0.15) is 30.4 Å². The molecule has 0 saturated heterocycles. The fourth-order valence-electron chi connectivity index (χ4n) is 10.2. The average Bonchev–Trinajstić information content (AvgIpc) is 3.28. The van der Waals surface area contributed by atoms with Crippen LogP contribution in [0.15, 0.2) is 0 Å². The molecule has 0 aliphatic heterocycles. The molecule has 4 saturated carbocycles. The second kappa shape index (κ2) is 13.0. The Kier molecular flexibility index (Phi) is 10.5. The van der Waals surface area contributed by atoms with Gasteiger partial charge in [0.2, 0.25) is 0 Å². The van der Waals surface area contributed by atoms with Gasteiger partial charge in [0.1, 0.15) is 12.2 Å². The van der Waals surface area contributed by atoms with Gasteiger partial charge in [-0.05, 0) is 85.9 Å². The van der Waals surface area contributed by atoms with Crippen LogP contribution in [0.3, 0.4) is 0 Å². The highest BCUT2D eigenvalue weighted by Crippen LogP contribution is 2.69. The molecule has 15 heteroatoms. The summed E-state index contributed by atoms with van der Waals surface area (Å²) in [7, 11) is -6.55. The smallest absolute Gasteiger partial charge is 0.432 e. The molecule has 0 aromatic rings. The first kappa shape index (κ1) is 37.8. The summed E-state index contributed by atoms with van der Waals surface area (Å²) in [4.78, 5) is 37.3. The van der Waals surface area contributed by atoms with E-state index < -0.39 is 57.5 Å². The summed E-state index contributed by atoms with van der Waals surface area (Å²) in [5.41, 5.74) is -0.716. The predicted octanol–water partition coefficient (Wildman–Crippen LogP) is 6.74. The minimum atomic E-state index is -6.55. The first-order chi connectivity index (χ1) is 21.4. The second-order valence-electron chi connectivity index (χ2n) is 15.1. The van der Waals surface area contributed by atoms with E-state index in [4.69, 9.17) is 14.0 Å². The Morgan fingerprint density at radius 2 is 1.55 bits per heavy atom. The lowest BCUT2D eigenvalue weighted by molar-refractivity contribution is -0.259. The molecule has 1 N–H and O–H groups in total. The largest absolute Gasteiger partial charge is 0.462 e. The van der Waals surface area contributed by atoms with Crippen LogP contribution < -0.4 is 0 Å². The molecule has 0 heterocycles. The summed E-state index contributed by atoms with van der Waals surface area (Å²) in [5, 5.41) is -5.81. The number of fused-ring (bicyclic) bond motifs is 5. The molecule has 4 aliphatic carbocycles. The van der Waals surface area contributed by atoms with Gasteiger partial charge in [0.15, 0.2) is 0 Å². The Labute approximate surface area is 272 Å². The van der Waals surface area contributed by atoms with Gasteiger partial charge in [-0.15, -0.1) is 0 Å². The highest BCUT2D eigenvalue weighted by Gasteiger charge is 2.68. The lowest BCUT2D eigenvalue weighted by atomic mass is 9.42. The summed E-state index contributed by atoms with van der Waals surface area (Å²) in [6, 6.07) is 0. The summed E-state index contributed by atoms with van der Waals surface area (Å²) >= 11 is 0. The molecule has 47 heavy (non-hydrogen) atoms. The molecule has 4 rings (SSSR count). The topological polar surface area (TPSA) is 133 Å². The van der Waals surface area contributed by atoms with Crippen LogP contribution in [0.1, 0.15) is 99.3 Å². The average molecular weight is 703 g/mol. The van der Waals surface area contributed by atoms with Crippen molar-refractivity contribution in [2.45, 2.75) is 129 Å². The Bertz CT molecular complexity index is 1320. The van der Waals surface area contributed by atoms with Crippen molar-refractivity contribution < 1.29 is 63.5 Å². The summed E-state index contributed by atoms with van der Waals surface area (Å²) in [5.74, 6) is -2.22. The summed E-state index contributed by atoms with van der Waals surface area (Å²) in [6.07, 6.45) is -6.38. The number of esters is 3. The van der Waals surface area contributed by atoms with Gasteiger partial charge in [-0.1, -0.05) is 34.1 Å². The number of rotatable bonds is 9. The van der Waals surface area contributed by atoms with E-state index in [-0.39, 0.29) is 53.5 Å². The van der Waals surface area contributed by atoms with Crippen molar-refractivity contribution in [1.29, 1.82) is 0 Å². The Morgan fingerprint density at radius 1 is 0.936 bits per heavy atom. The molecule has 0 radical (unpaired) electrons. The molecule has 9 nitrogen and oxygen atoms in total. The van der Waals surface area contributed by atoms with E-state index in [2.05, 4.69) is 18.6 Å². The molecular weight excluding hydrogens is 655 g/mol. The zero-order valence-corrected chi connectivity index (χ0v) is 28.5. The lowest BCUT2D eigenvalue weighted by Gasteiger charge is -2.64. The van der Waals surface area contributed by atoms with Gasteiger partial charge in [0.25, 0.3) is 6.10 Å². The van der Waals surface area contributed by atoms with Crippen molar-refractivity contribution in [2.75, 3.05) is 0 Å². The highest BCUT2D eigenvalue weighted by molar-refractivity contribution is 7.86. The standard InChI is InChI=1S/C32H47F5O9S/c1-16-11-12-29(5)20(13-16)14-24(44-18(3)38)27-22-9-8-21(30(22,6)25(15-23(27)29)45-19(4)39)17(2)7-10-26(40)46-28(31(33,34)35)32(36,37)47(41,42)43/h16-17,20-25,27-28H,7-15H2,1-6H3,(H,41,42,43). The van der Waals surface area contributed by atoms with Gasteiger partial charge < -0.3 is 14.2 Å². The third-order valence-corrected chi connectivity index (χ3v) is 13.3. The zero-order valence-electron chi connectivity index (χ0n) is 27.6. The van der Waals surface area contributed by atoms with E-state index in [0.29, 0.717) is 31.1 Å². The lowest BCUT2D eigenvalue weighted by Crippen LogP contribution is -2.63.